The second-order valence-corrected chi connectivity index (χ2v) is 9.54. The maximum atomic E-state index is 3.45. The van der Waals surface area contributed by atoms with Crippen LogP contribution in [0.4, 0.5) is 0 Å². The summed E-state index contributed by atoms with van der Waals surface area (Å²) in [7, 11) is 0. The summed E-state index contributed by atoms with van der Waals surface area (Å²) in [6.07, 6.45) is 7.53. The normalized spacial score (nSPS) is 31.8. The van der Waals surface area contributed by atoms with Crippen LogP contribution in [0.2, 0.25) is 0 Å². The van der Waals surface area contributed by atoms with Crippen molar-refractivity contribution in [3.63, 3.8) is 0 Å². The third-order valence-corrected chi connectivity index (χ3v) is 7.73. The second-order valence-electron chi connectivity index (χ2n) is 7.98. The van der Waals surface area contributed by atoms with Gasteiger partial charge < -0.3 is 10.6 Å². The number of allylic oxidation sites excluding steroid dienone is 2. The van der Waals surface area contributed by atoms with Crippen LogP contribution in [0, 0.1) is 23.7 Å². The Balaban J connectivity index is 0.000000115. The molecular weight excluding hydrogens is 356 g/mol. The molecule has 4 aliphatic rings. The molecule has 26 heavy (non-hydrogen) atoms. The predicted octanol–water partition coefficient (Wildman–Crippen LogP) is 4.74. The number of nitrogens with one attached hydrogen (secondary N) is 2. The second kappa shape index (κ2) is 7.43. The molecule has 2 nitrogen and oxygen atoms in total. The molecule has 4 heterocycles. The third-order valence-electron chi connectivity index (χ3n) is 6.36. The van der Waals surface area contributed by atoms with Crippen LogP contribution in [0.1, 0.15) is 24.0 Å². The van der Waals surface area contributed by atoms with Crippen molar-refractivity contribution in [2.24, 2.45) is 23.7 Å². The van der Waals surface area contributed by atoms with Gasteiger partial charge in [-0.1, -0.05) is 12.2 Å². The molecule has 136 valence electrons. The molecule has 6 rings (SSSR count). The van der Waals surface area contributed by atoms with E-state index >= 15 is 0 Å². The molecule has 2 N–H and O–H groups in total. The van der Waals surface area contributed by atoms with Crippen molar-refractivity contribution in [3.05, 3.63) is 56.9 Å². The molecule has 4 atom stereocenters. The van der Waals surface area contributed by atoms with Crippen molar-refractivity contribution in [1.29, 1.82) is 0 Å². The minimum Gasteiger partial charge on any atom is -0.316 e. The lowest BCUT2D eigenvalue weighted by Gasteiger charge is -2.04. The molecule has 2 aromatic heterocycles. The molecular formula is C22H26N2S2. The van der Waals surface area contributed by atoms with Crippen molar-refractivity contribution < 1.29 is 0 Å². The topological polar surface area (TPSA) is 24.1 Å². The van der Waals surface area contributed by atoms with Crippen LogP contribution < -0.4 is 10.6 Å². The van der Waals surface area contributed by atoms with Crippen molar-refractivity contribution >= 4 is 33.8 Å². The standard InChI is InChI=1S/2C11H13NS/c2*1-2-13-7-8(1)9-3-10-5-12-6-11(10)4-9/h2*1-3,7,10-12H,4-6H2/t2*10-,11+/m10/s1. The summed E-state index contributed by atoms with van der Waals surface area (Å²) >= 11 is 3.60. The van der Waals surface area contributed by atoms with Crippen molar-refractivity contribution in [2.45, 2.75) is 12.8 Å². The number of rotatable bonds is 2. The van der Waals surface area contributed by atoms with Crippen LogP contribution in [-0.2, 0) is 0 Å². The minimum atomic E-state index is 0.815. The predicted molar refractivity (Wildman–Crippen MR) is 114 cm³/mol. The van der Waals surface area contributed by atoms with E-state index in [9.17, 15) is 0 Å². The monoisotopic (exact) mass is 382 g/mol. The van der Waals surface area contributed by atoms with Gasteiger partial charge in [0.05, 0.1) is 0 Å². The Labute approximate surface area is 164 Å². The maximum Gasteiger partial charge on any atom is 0.00178 e. The van der Waals surface area contributed by atoms with Gasteiger partial charge in [-0.05, 0) is 106 Å². The Morgan fingerprint density at radius 3 is 1.58 bits per heavy atom. The highest BCUT2D eigenvalue weighted by Gasteiger charge is 2.32. The minimum absolute atomic E-state index is 0.815. The van der Waals surface area contributed by atoms with Gasteiger partial charge >= 0.3 is 0 Å². The molecule has 0 amide bonds. The summed E-state index contributed by atoms with van der Waals surface area (Å²) in [5.41, 5.74) is 6.08. The molecule has 2 aliphatic heterocycles. The Kier molecular flexibility index (Phi) is 4.84. The quantitative estimate of drug-likeness (QED) is 0.784. The fourth-order valence-electron chi connectivity index (χ4n) is 4.88. The SMILES string of the molecule is C1=C(c2ccsc2)C[C@@H]2CNC[C@H]12.C1=C(c2ccsc2)C[C@H]2CNC[C@@H]12. The molecule has 4 heteroatoms. The lowest BCUT2D eigenvalue weighted by Crippen LogP contribution is -2.08. The van der Waals surface area contributed by atoms with Gasteiger partial charge in [0.25, 0.3) is 0 Å². The third kappa shape index (κ3) is 3.36. The Morgan fingerprint density at radius 2 is 1.19 bits per heavy atom. The van der Waals surface area contributed by atoms with E-state index in [4.69, 9.17) is 0 Å². The van der Waals surface area contributed by atoms with Gasteiger partial charge in [-0.15, -0.1) is 0 Å². The molecule has 0 unspecified atom stereocenters. The highest BCUT2D eigenvalue weighted by molar-refractivity contribution is 7.08. The van der Waals surface area contributed by atoms with E-state index in [2.05, 4.69) is 56.4 Å². The molecule has 2 aromatic rings. The van der Waals surface area contributed by atoms with E-state index in [0.29, 0.717) is 0 Å². The number of hydrogen-bond acceptors (Lipinski definition) is 4. The summed E-state index contributed by atoms with van der Waals surface area (Å²) < 4.78 is 0. The van der Waals surface area contributed by atoms with Crippen LogP contribution in [0.5, 0.6) is 0 Å². The van der Waals surface area contributed by atoms with Gasteiger partial charge in [0, 0.05) is 13.1 Å². The van der Waals surface area contributed by atoms with E-state index in [1.807, 2.05) is 0 Å². The van der Waals surface area contributed by atoms with Crippen molar-refractivity contribution in [2.75, 3.05) is 26.2 Å². The Hall–Kier alpha value is -1.20. The number of thiophene rings is 2. The van der Waals surface area contributed by atoms with Gasteiger partial charge in [0.1, 0.15) is 0 Å². The van der Waals surface area contributed by atoms with Crippen LogP contribution in [0.3, 0.4) is 0 Å². The average Bonchev–Trinajstić information content (AvgIpc) is 3.47. The lowest BCUT2D eigenvalue weighted by molar-refractivity contribution is 0.536. The molecule has 0 bridgehead atoms. The highest BCUT2D eigenvalue weighted by atomic mass is 32.1. The first-order chi connectivity index (χ1) is 12.9. The average molecular weight is 383 g/mol. The van der Waals surface area contributed by atoms with Crippen LogP contribution >= 0.6 is 22.7 Å². The van der Waals surface area contributed by atoms with E-state index < -0.39 is 0 Å². The molecule has 2 saturated heterocycles. The smallest absolute Gasteiger partial charge is 0.00178 e. The van der Waals surface area contributed by atoms with Crippen LogP contribution in [-0.4, -0.2) is 26.2 Å². The zero-order valence-corrected chi connectivity index (χ0v) is 16.6. The summed E-state index contributed by atoms with van der Waals surface area (Å²) in [6.45, 7) is 4.82. The summed E-state index contributed by atoms with van der Waals surface area (Å²) in [6, 6.07) is 4.48. The van der Waals surface area contributed by atoms with Gasteiger partial charge in [-0.2, -0.15) is 22.7 Å². The molecule has 2 fully saturated rings. The first-order valence-electron chi connectivity index (χ1n) is 9.75. The first kappa shape index (κ1) is 16.9. The van der Waals surface area contributed by atoms with Crippen molar-refractivity contribution in [1.82, 2.24) is 10.6 Å². The maximum absolute atomic E-state index is 3.45. The number of fused-ring (bicyclic) bond motifs is 2. The molecule has 0 radical (unpaired) electrons. The van der Waals surface area contributed by atoms with E-state index in [-0.39, 0.29) is 0 Å². The fraction of sp³-hybridized carbons (Fsp3) is 0.455. The van der Waals surface area contributed by atoms with Crippen LogP contribution in [0.15, 0.2) is 45.8 Å². The van der Waals surface area contributed by atoms with E-state index in [1.165, 1.54) is 50.1 Å². The van der Waals surface area contributed by atoms with Crippen LogP contribution in [0.25, 0.3) is 11.1 Å². The highest BCUT2D eigenvalue weighted by Crippen LogP contribution is 2.39. The van der Waals surface area contributed by atoms with E-state index in [0.717, 1.165) is 23.7 Å². The zero-order chi connectivity index (χ0) is 17.3. The Morgan fingerprint density at radius 1 is 0.692 bits per heavy atom. The summed E-state index contributed by atoms with van der Waals surface area (Å²) in [5.74, 6) is 3.40. The summed E-state index contributed by atoms with van der Waals surface area (Å²) in [4.78, 5) is 0. The molecule has 0 saturated carbocycles. The zero-order valence-electron chi connectivity index (χ0n) is 15.0. The Bertz CT molecular complexity index is 720. The van der Waals surface area contributed by atoms with Crippen molar-refractivity contribution in [3.8, 4) is 0 Å². The van der Waals surface area contributed by atoms with Gasteiger partial charge in [0.15, 0.2) is 0 Å². The lowest BCUT2D eigenvalue weighted by atomic mass is 9.99. The van der Waals surface area contributed by atoms with Gasteiger partial charge in [-0.25, -0.2) is 0 Å². The fourth-order valence-corrected chi connectivity index (χ4v) is 6.24. The first-order valence-corrected chi connectivity index (χ1v) is 11.6. The van der Waals surface area contributed by atoms with Gasteiger partial charge in [-0.3, -0.25) is 0 Å². The molecule has 2 aliphatic carbocycles. The summed E-state index contributed by atoms with van der Waals surface area (Å²) in [5, 5.41) is 15.8. The van der Waals surface area contributed by atoms with E-state index in [1.54, 1.807) is 33.8 Å². The molecule has 0 spiro atoms. The largest absolute Gasteiger partial charge is 0.316 e. The van der Waals surface area contributed by atoms with Gasteiger partial charge in [0.2, 0.25) is 0 Å². The molecule has 0 aromatic carbocycles. The number of hydrogen-bond donors (Lipinski definition) is 2.